The maximum absolute atomic E-state index is 14.0. The van der Waals surface area contributed by atoms with E-state index in [2.05, 4.69) is 25.9 Å². The van der Waals surface area contributed by atoms with Crippen molar-refractivity contribution in [2.75, 3.05) is 13.1 Å². The number of piperidine rings is 1. The minimum atomic E-state index is -1.03. The third-order valence-electron chi connectivity index (χ3n) is 9.28. The average molecular weight is 709 g/mol. The van der Waals surface area contributed by atoms with E-state index in [0.717, 1.165) is 16.5 Å². The van der Waals surface area contributed by atoms with Crippen LogP contribution in [0.5, 0.6) is 0 Å². The summed E-state index contributed by atoms with van der Waals surface area (Å²) in [5.41, 5.74) is 2.39. The topological polar surface area (TPSA) is 146 Å². The van der Waals surface area contributed by atoms with Gasteiger partial charge in [0.1, 0.15) is 11.7 Å². The predicted octanol–water partition coefficient (Wildman–Crippen LogP) is 4.44. The van der Waals surface area contributed by atoms with Crippen molar-refractivity contribution in [3.05, 3.63) is 108 Å². The maximum atomic E-state index is 14.0. The van der Waals surface area contributed by atoms with Gasteiger partial charge in [0.2, 0.25) is 11.8 Å². The lowest BCUT2D eigenvalue weighted by Gasteiger charge is -2.41. The molecule has 2 aromatic carbocycles. The summed E-state index contributed by atoms with van der Waals surface area (Å²) in [7, 11) is 0. The third-order valence-corrected chi connectivity index (χ3v) is 9.28. The Morgan fingerprint density at radius 2 is 1.63 bits per heavy atom. The standard InChI is InChI=1S/C41H52N6O5/c1-27(2)37(45-38(49)33-16-15-30-13-9-10-14-32(30)43-33)40(51)44-34(23-28-11-7-6-8-12-28)36(48)25-47-22-19-31(52-26-29-17-20-42-21-18-29)24-35(47)39(50)46-41(3,4)5/h6-18,20-21,27,31,34-37,48H,19,22-26H2,1-5H3,(H,44,51)(H,45,49)(H,46,50)/t31?,34?,35?,36?,37-/m0/s1. The quantitative estimate of drug-likeness (QED) is 0.151. The summed E-state index contributed by atoms with van der Waals surface area (Å²) >= 11 is 0. The predicted molar refractivity (Wildman–Crippen MR) is 201 cm³/mol. The Hall–Kier alpha value is -4.71. The number of pyridine rings is 2. The van der Waals surface area contributed by atoms with E-state index in [0.29, 0.717) is 37.9 Å². The summed E-state index contributed by atoms with van der Waals surface area (Å²) in [6.07, 6.45) is 3.76. The molecule has 1 fully saturated rings. The molecule has 1 aliphatic rings. The van der Waals surface area contributed by atoms with Gasteiger partial charge in [-0.15, -0.1) is 0 Å². The van der Waals surface area contributed by atoms with Gasteiger partial charge in [0.15, 0.2) is 0 Å². The molecule has 4 aromatic rings. The van der Waals surface area contributed by atoms with Crippen LogP contribution in [0.1, 0.15) is 69.1 Å². The van der Waals surface area contributed by atoms with Crippen LogP contribution >= 0.6 is 0 Å². The van der Waals surface area contributed by atoms with Crippen LogP contribution in [0.3, 0.4) is 0 Å². The highest BCUT2D eigenvalue weighted by atomic mass is 16.5. The molecule has 1 aliphatic heterocycles. The molecule has 11 heteroatoms. The number of nitrogens with zero attached hydrogens (tertiary/aromatic N) is 3. The van der Waals surface area contributed by atoms with Gasteiger partial charge >= 0.3 is 0 Å². The lowest BCUT2D eigenvalue weighted by Crippen LogP contribution is -2.60. The molecule has 3 heterocycles. The van der Waals surface area contributed by atoms with E-state index in [1.165, 1.54) is 0 Å². The second kappa shape index (κ2) is 17.7. The van der Waals surface area contributed by atoms with Crippen LogP contribution in [0.15, 0.2) is 91.3 Å². The molecule has 5 rings (SSSR count). The van der Waals surface area contributed by atoms with E-state index in [9.17, 15) is 19.5 Å². The summed E-state index contributed by atoms with van der Waals surface area (Å²) in [5, 5.41) is 21.9. The molecule has 0 bridgehead atoms. The van der Waals surface area contributed by atoms with Crippen LogP contribution in [0.2, 0.25) is 0 Å². The number of para-hydroxylation sites is 1. The molecule has 0 radical (unpaired) electrons. The van der Waals surface area contributed by atoms with Crippen LogP contribution in [0, 0.1) is 5.92 Å². The van der Waals surface area contributed by atoms with Crippen LogP contribution < -0.4 is 16.0 Å². The van der Waals surface area contributed by atoms with Crippen molar-refractivity contribution in [3.63, 3.8) is 0 Å². The highest BCUT2D eigenvalue weighted by molar-refractivity contribution is 5.98. The van der Waals surface area contributed by atoms with Gasteiger partial charge in [-0.1, -0.05) is 68.4 Å². The molecule has 2 aromatic heterocycles. The normalized spacial score (nSPS) is 18.4. The van der Waals surface area contributed by atoms with E-state index < -0.39 is 41.6 Å². The smallest absolute Gasteiger partial charge is 0.270 e. The number of aliphatic hydroxyl groups is 1. The zero-order valence-corrected chi connectivity index (χ0v) is 30.8. The molecule has 1 saturated heterocycles. The van der Waals surface area contributed by atoms with E-state index in [4.69, 9.17) is 4.74 Å². The van der Waals surface area contributed by atoms with Crippen LogP contribution in [0.25, 0.3) is 10.9 Å². The lowest BCUT2D eigenvalue weighted by atomic mass is 9.94. The second-order valence-corrected chi connectivity index (χ2v) is 15.0. The zero-order chi connectivity index (χ0) is 37.3. The first-order valence-electron chi connectivity index (χ1n) is 18.1. The minimum Gasteiger partial charge on any atom is -0.390 e. The first-order valence-corrected chi connectivity index (χ1v) is 18.1. The first kappa shape index (κ1) is 38.5. The Kier molecular flexibility index (Phi) is 13.1. The molecule has 3 amide bonds. The summed E-state index contributed by atoms with van der Waals surface area (Å²) in [4.78, 5) is 51.6. The van der Waals surface area contributed by atoms with Gasteiger partial charge in [-0.25, -0.2) is 4.98 Å². The highest BCUT2D eigenvalue weighted by Crippen LogP contribution is 2.24. The molecule has 4 unspecified atom stereocenters. The minimum absolute atomic E-state index is 0.134. The highest BCUT2D eigenvalue weighted by Gasteiger charge is 2.38. The number of aliphatic hydroxyl groups excluding tert-OH is 1. The number of aromatic nitrogens is 2. The number of carbonyl (C=O) groups excluding carboxylic acids is 3. The Labute approximate surface area is 306 Å². The number of likely N-dealkylation sites (tertiary alicyclic amines) is 1. The van der Waals surface area contributed by atoms with Gasteiger partial charge in [-0.3, -0.25) is 24.3 Å². The molecule has 0 spiro atoms. The van der Waals surface area contributed by atoms with Crippen molar-refractivity contribution in [2.45, 2.75) is 96.4 Å². The molecule has 5 atom stereocenters. The van der Waals surface area contributed by atoms with Gasteiger partial charge in [0.05, 0.1) is 36.4 Å². The fourth-order valence-corrected chi connectivity index (χ4v) is 6.50. The number of ether oxygens (including phenoxy) is 1. The molecular weight excluding hydrogens is 656 g/mol. The Bertz CT molecular complexity index is 1780. The fraction of sp³-hybridized carbons (Fsp3) is 0.439. The summed E-state index contributed by atoms with van der Waals surface area (Å²) in [6, 6.07) is 22.3. The summed E-state index contributed by atoms with van der Waals surface area (Å²) in [5.74, 6) is -1.25. The van der Waals surface area contributed by atoms with Gasteiger partial charge in [0.25, 0.3) is 5.91 Å². The average Bonchev–Trinajstić information content (AvgIpc) is 3.12. The van der Waals surface area contributed by atoms with Gasteiger partial charge in [-0.2, -0.15) is 0 Å². The van der Waals surface area contributed by atoms with E-state index >= 15 is 0 Å². The van der Waals surface area contributed by atoms with Crippen LogP contribution in [-0.2, 0) is 27.4 Å². The van der Waals surface area contributed by atoms with Crippen LogP contribution in [-0.4, -0.2) is 86.7 Å². The molecule has 4 N–H and O–H groups in total. The van der Waals surface area contributed by atoms with Crippen molar-refractivity contribution < 1.29 is 24.2 Å². The van der Waals surface area contributed by atoms with Crippen molar-refractivity contribution in [1.82, 2.24) is 30.8 Å². The number of benzene rings is 2. The monoisotopic (exact) mass is 708 g/mol. The Morgan fingerprint density at radius 1 is 0.923 bits per heavy atom. The van der Waals surface area contributed by atoms with Crippen LogP contribution in [0.4, 0.5) is 0 Å². The molecule has 52 heavy (non-hydrogen) atoms. The van der Waals surface area contributed by atoms with Crippen molar-refractivity contribution in [2.24, 2.45) is 5.92 Å². The molecule has 276 valence electrons. The fourth-order valence-electron chi connectivity index (χ4n) is 6.50. The number of carbonyl (C=O) groups is 3. The molecular formula is C41H52N6O5. The number of β-amino-alcohol motifs (C(OH)–C–C–N with tert-alkyl or cyclic N) is 1. The van der Waals surface area contributed by atoms with Gasteiger partial charge < -0.3 is 25.8 Å². The third kappa shape index (κ3) is 10.9. The van der Waals surface area contributed by atoms with E-state index in [1.54, 1.807) is 18.5 Å². The zero-order valence-electron chi connectivity index (χ0n) is 30.8. The molecule has 11 nitrogen and oxygen atoms in total. The first-order chi connectivity index (χ1) is 24.9. The van der Waals surface area contributed by atoms with Gasteiger partial charge in [-0.05, 0) is 81.3 Å². The number of nitrogens with one attached hydrogen (secondary N) is 3. The molecule has 0 aliphatic carbocycles. The second-order valence-electron chi connectivity index (χ2n) is 15.0. The number of amides is 3. The van der Waals surface area contributed by atoms with Crippen molar-refractivity contribution in [3.8, 4) is 0 Å². The number of hydrogen-bond donors (Lipinski definition) is 4. The Morgan fingerprint density at radius 3 is 2.35 bits per heavy atom. The summed E-state index contributed by atoms with van der Waals surface area (Å²) < 4.78 is 6.25. The summed E-state index contributed by atoms with van der Waals surface area (Å²) in [6.45, 7) is 10.6. The maximum Gasteiger partial charge on any atom is 0.270 e. The number of hydrogen-bond acceptors (Lipinski definition) is 8. The molecule has 0 saturated carbocycles. The largest absolute Gasteiger partial charge is 0.390 e. The lowest BCUT2D eigenvalue weighted by molar-refractivity contribution is -0.134. The number of fused-ring (bicyclic) bond motifs is 1. The van der Waals surface area contributed by atoms with E-state index in [-0.39, 0.29) is 30.2 Å². The van der Waals surface area contributed by atoms with Gasteiger partial charge in [0, 0.05) is 36.4 Å². The van der Waals surface area contributed by atoms with E-state index in [1.807, 2.05) is 112 Å². The SMILES string of the molecule is CC(C)[C@H](NC(=O)c1ccc2ccccc2n1)C(=O)NC(Cc1ccccc1)C(O)CN1CCC(OCc2ccncc2)CC1C(=O)NC(C)(C)C. The van der Waals surface area contributed by atoms with Crippen molar-refractivity contribution >= 4 is 28.6 Å². The Balaban J connectivity index is 1.31. The number of rotatable bonds is 14. The van der Waals surface area contributed by atoms with Crippen molar-refractivity contribution in [1.29, 1.82) is 0 Å².